The smallest absolute Gasteiger partial charge is 0.306 e. The zero-order valence-corrected chi connectivity index (χ0v) is 17.2. The van der Waals surface area contributed by atoms with E-state index in [-0.39, 0.29) is 31.1 Å². The van der Waals surface area contributed by atoms with Gasteiger partial charge in [0.15, 0.2) is 12.4 Å². The number of Topliss-reactive ketones (excluding diaryl/α,β-unsaturated/α-hetero) is 1. The van der Waals surface area contributed by atoms with Crippen LogP contribution in [-0.4, -0.2) is 21.9 Å². The third-order valence-electron chi connectivity index (χ3n) is 5.14. The van der Waals surface area contributed by atoms with Crippen LogP contribution in [0.5, 0.6) is 0 Å². The summed E-state index contributed by atoms with van der Waals surface area (Å²) in [6.45, 7) is -0.132. The van der Waals surface area contributed by atoms with Gasteiger partial charge in [-0.05, 0) is 67.1 Å². The number of ether oxygens (including phenoxy) is 1. The standard InChI is InChI=1S/C23H21ClN2O4/c24-19-9-7-16(8-10-19)23-26-25-21(30-23)14-29-22(28)12-11-20(27)18-6-5-15-3-1-2-4-17(15)13-18/h5-10,13H,1-4,11-12,14H2. The monoisotopic (exact) mass is 424 g/mol. The molecular weight excluding hydrogens is 404 g/mol. The second-order valence-electron chi connectivity index (χ2n) is 7.28. The number of aromatic nitrogens is 2. The van der Waals surface area contributed by atoms with Gasteiger partial charge in [-0.15, -0.1) is 10.2 Å². The van der Waals surface area contributed by atoms with E-state index in [1.54, 1.807) is 24.3 Å². The van der Waals surface area contributed by atoms with Crippen molar-refractivity contribution in [2.75, 3.05) is 0 Å². The summed E-state index contributed by atoms with van der Waals surface area (Å²) >= 11 is 5.86. The van der Waals surface area contributed by atoms with Crippen molar-refractivity contribution < 1.29 is 18.7 Å². The van der Waals surface area contributed by atoms with Crippen molar-refractivity contribution in [2.24, 2.45) is 0 Å². The Balaban J connectivity index is 1.26. The van der Waals surface area contributed by atoms with Crippen LogP contribution >= 0.6 is 11.6 Å². The van der Waals surface area contributed by atoms with Gasteiger partial charge in [-0.1, -0.05) is 23.7 Å². The maximum absolute atomic E-state index is 12.4. The van der Waals surface area contributed by atoms with Crippen molar-refractivity contribution in [1.82, 2.24) is 10.2 Å². The first-order valence-electron chi connectivity index (χ1n) is 9.97. The number of rotatable bonds is 7. The molecule has 0 radical (unpaired) electrons. The number of benzene rings is 2. The Hall–Kier alpha value is -2.99. The van der Waals surface area contributed by atoms with Crippen molar-refractivity contribution in [1.29, 1.82) is 0 Å². The van der Waals surface area contributed by atoms with Crippen LogP contribution < -0.4 is 0 Å². The van der Waals surface area contributed by atoms with Gasteiger partial charge in [0.1, 0.15) is 0 Å². The number of hydrogen-bond acceptors (Lipinski definition) is 6. The highest BCUT2D eigenvalue weighted by Gasteiger charge is 2.15. The van der Waals surface area contributed by atoms with Crippen LogP contribution in [0, 0.1) is 0 Å². The normalized spacial score (nSPS) is 13.0. The van der Waals surface area contributed by atoms with Crippen molar-refractivity contribution in [3.63, 3.8) is 0 Å². The molecule has 0 spiro atoms. The number of hydrogen-bond donors (Lipinski definition) is 0. The van der Waals surface area contributed by atoms with E-state index in [1.807, 2.05) is 18.2 Å². The van der Waals surface area contributed by atoms with Crippen LogP contribution in [0.25, 0.3) is 11.5 Å². The minimum absolute atomic E-state index is 0.00803. The number of esters is 1. The Morgan fingerprint density at radius 3 is 2.53 bits per heavy atom. The Bertz CT molecular complexity index is 1060. The first-order chi connectivity index (χ1) is 14.6. The van der Waals surface area contributed by atoms with E-state index in [9.17, 15) is 9.59 Å². The minimum atomic E-state index is -0.479. The lowest BCUT2D eigenvalue weighted by atomic mass is 9.89. The summed E-state index contributed by atoms with van der Waals surface area (Å²) in [4.78, 5) is 24.5. The summed E-state index contributed by atoms with van der Waals surface area (Å²) in [5.41, 5.74) is 3.96. The molecule has 0 aliphatic heterocycles. The lowest BCUT2D eigenvalue weighted by molar-refractivity contribution is -0.145. The summed E-state index contributed by atoms with van der Waals surface area (Å²) < 4.78 is 10.7. The summed E-state index contributed by atoms with van der Waals surface area (Å²) in [5.74, 6) is -0.0229. The minimum Gasteiger partial charge on any atom is -0.456 e. The zero-order valence-electron chi connectivity index (χ0n) is 16.4. The Labute approximate surface area is 179 Å². The quantitative estimate of drug-likeness (QED) is 0.393. The van der Waals surface area contributed by atoms with E-state index in [4.69, 9.17) is 20.8 Å². The Kier molecular flexibility index (Phi) is 6.23. The van der Waals surface area contributed by atoms with Gasteiger partial charge < -0.3 is 9.15 Å². The molecule has 1 aliphatic carbocycles. The summed E-state index contributed by atoms with van der Waals surface area (Å²) in [5, 5.41) is 8.42. The predicted molar refractivity (Wildman–Crippen MR) is 111 cm³/mol. The lowest BCUT2D eigenvalue weighted by Gasteiger charge is -2.16. The van der Waals surface area contributed by atoms with Gasteiger partial charge in [-0.2, -0.15) is 0 Å². The molecular formula is C23H21ClN2O4. The van der Waals surface area contributed by atoms with Gasteiger partial charge in [0, 0.05) is 22.6 Å². The van der Waals surface area contributed by atoms with E-state index in [1.165, 1.54) is 17.5 Å². The van der Waals surface area contributed by atoms with E-state index in [0.29, 0.717) is 16.5 Å². The highest BCUT2D eigenvalue weighted by molar-refractivity contribution is 6.30. The van der Waals surface area contributed by atoms with E-state index in [0.717, 1.165) is 24.8 Å². The number of nitrogens with zero attached hydrogens (tertiary/aromatic N) is 2. The maximum atomic E-state index is 12.4. The molecule has 0 saturated carbocycles. The number of fused-ring (bicyclic) bond motifs is 1. The fraction of sp³-hybridized carbons (Fsp3) is 0.304. The van der Waals surface area contributed by atoms with Crippen LogP contribution in [0.1, 0.15) is 53.1 Å². The first-order valence-corrected chi connectivity index (χ1v) is 10.4. The first kappa shape index (κ1) is 20.3. The number of aryl methyl sites for hydroxylation is 2. The molecule has 0 N–H and O–H groups in total. The van der Waals surface area contributed by atoms with Gasteiger partial charge in [0.05, 0.1) is 6.42 Å². The van der Waals surface area contributed by atoms with Gasteiger partial charge in [0.25, 0.3) is 5.89 Å². The molecule has 0 saturated heterocycles. The molecule has 3 aromatic rings. The molecule has 0 atom stereocenters. The molecule has 0 unspecified atom stereocenters. The largest absolute Gasteiger partial charge is 0.456 e. The molecule has 0 amide bonds. The molecule has 7 heteroatoms. The van der Waals surface area contributed by atoms with Gasteiger partial charge in [-0.25, -0.2) is 0 Å². The molecule has 0 bridgehead atoms. The average molecular weight is 425 g/mol. The van der Waals surface area contributed by atoms with Crippen LogP contribution in [0.15, 0.2) is 46.9 Å². The average Bonchev–Trinajstić information content (AvgIpc) is 3.25. The number of carbonyl (C=O) groups excluding carboxylic acids is 2. The summed E-state index contributed by atoms with van der Waals surface area (Å²) in [7, 11) is 0. The van der Waals surface area contributed by atoms with Crippen LogP contribution in [-0.2, 0) is 29.0 Å². The molecule has 6 nitrogen and oxygen atoms in total. The topological polar surface area (TPSA) is 82.3 Å². The SMILES string of the molecule is O=C(CCC(=O)c1ccc2c(c1)CCCC2)OCc1nnc(-c2ccc(Cl)cc2)o1. The van der Waals surface area contributed by atoms with Crippen molar-refractivity contribution in [2.45, 2.75) is 45.1 Å². The van der Waals surface area contributed by atoms with E-state index >= 15 is 0 Å². The van der Waals surface area contributed by atoms with Crippen LogP contribution in [0.4, 0.5) is 0 Å². The molecule has 1 heterocycles. The third kappa shape index (κ3) is 4.94. The van der Waals surface area contributed by atoms with Crippen molar-refractivity contribution in [3.8, 4) is 11.5 Å². The van der Waals surface area contributed by atoms with Crippen molar-refractivity contribution in [3.05, 3.63) is 70.1 Å². The molecule has 1 aliphatic rings. The number of halogens is 1. The number of carbonyl (C=O) groups is 2. The molecule has 30 heavy (non-hydrogen) atoms. The van der Waals surface area contributed by atoms with Gasteiger partial charge in [-0.3, -0.25) is 9.59 Å². The number of ketones is 1. The summed E-state index contributed by atoms with van der Waals surface area (Å²) in [6.07, 6.45) is 4.57. The van der Waals surface area contributed by atoms with Gasteiger partial charge in [0.2, 0.25) is 5.89 Å². The zero-order chi connectivity index (χ0) is 20.9. The van der Waals surface area contributed by atoms with E-state index < -0.39 is 5.97 Å². The third-order valence-corrected chi connectivity index (χ3v) is 5.39. The second-order valence-corrected chi connectivity index (χ2v) is 7.72. The second kappa shape index (κ2) is 9.22. The maximum Gasteiger partial charge on any atom is 0.306 e. The summed E-state index contributed by atoms with van der Waals surface area (Å²) in [6, 6.07) is 12.8. The van der Waals surface area contributed by atoms with Gasteiger partial charge >= 0.3 is 5.97 Å². The van der Waals surface area contributed by atoms with E-state index in [2.05, 4.69) is 10.2 Å². The highest BCUT2D eigenvalue weighted by atomic mass is 35.5. The Morgan fingerprint density at radius 1 is 0.967 bits per heavy atom. The molecule has 4 rings (SSSR count). The Morgan fingerprint density at radius 2 is 1.73 bits per heavy atom. The van der Waals surface area contributed by atoms with Crippen LogP contribution in [0.2, 0.25) is 5.02 Å². The molecule has 1 aromatic heterocycles. The molecule has 154 valence electrons. The fourth-order valence-electron chi connectivity index (χ4n) is 3.50. The van der Waals surface area contributed by atoms with Crippen LogP contribution in [0.3, 0.4) is 0 Å². The predicted octanol–water partition coefficient (Wildman–Crippen LogP) is 4.98. The molecule has 0 fully saturated rings. The fourth-order valence-corrected chi connectivity index (χ4v) is 3.63. The lowest BCUT2D eigenvalue weighted by Crippen LogP contribution is -2.10. The highest BCUT2D eigenvalue weighted by Crippen LogP contribution is 2.23. The molecule has 2 aromatic carbocycles. The van der Waals surface area contributed by atoms with Crippen molar-refractivity contribution >= 4 is 23.4 Å².